The lowest BCUT2D eigenvalue weighted by Crippen LogP contribution is -2.25. The van der Waals surface area contributed by atoms with Crippen LogP contribution in [0.3, 0.4) is 0 Å². The molecular formula is C18H17N3O5. The van der Waals surface area contributed by atoms with Crippen molar-refractivity contribution in [2.24, 2.45) is 0 Å². The van der Waals surface area contributed by atoms with E-state index in [1.54, 1.807) is 39.0 Å². The quantitative estimate of drug-likeness (QED) is 0.618. The summed E-state index contributed by atoms with van der Waals surface area (Å²) in [6, 6.07) is 7.16. The van der Waals surface area contributed by atoms with Gasteiger partial charge in [-0.1, -0.05) is 6.07 Å². The molecule has 1 aliphatic rings. The number of carbonyl (C=O) groups excluding carboxylic acids is 3. The van der Waals surface area contributed by atoms with Crippen molar-refractivity contribution in [1.29, 1.82) is 0 Å². The van der Waals surface area contributed by atoms with Crippen molar-refractivity contribution in [2.75, 3.05) is 5.73 Å². The Morgan fingerprint density at radius 3 is 2.46 bits per heavy atom. The number of imide groups is 1. The maximum Gasteiger partial charge on any atom is 0.338 e. The van der Waals surface area contributed by atoms with Crippen molar-refractivity contribution in [2.45, 2.75) is 26.4 Å². The third kappa shape index (κ3) is 2.97. The van der Waals surface area contributed by atoms with E-state index in [-0.39, 0.29) is 28.2 Å². The molecule has 0 bridgehead atoms. The number of esters is 1. The van der Waals surface area contributed by atoms with Crippen LogP contribution in [0, 0.1) is 0 Å². The largest absolute Gasteiger partial charge is 0.456 e. The van der Waals surface area contributed by atoms with Gasteiger partial charge in [0.15, 0.2) is 0 Å². The van der Waals surface area contributed by atoms with Crippen LogP contribution in [0.2, 0.25) is 0 Å². The van der Waals surface area contributed by atoms with Crippen LogP contribution in [0.25, 0.3) is 5.69 Å². The Kier molecular flexibility index (Phi) is 3.91. The number of hydrogen-bond donors (Lipinski definition) is 2. The number of anilines is 1. The van der Waals surface area contributed by atoms with Crippen LogP contribution in [0.4, 0.5) is 5.82 Å². The first-order chi connectivity index (χ1) is 12.1. The van der Waals surface area contributed by atoms with Crippen molar-refractivity contribution in [1.82, 2.24) is 9.88 Å². The second kappa shape index (κ2) is 5.83. The number of pyridine rings is 1. The molecule has 1 aromatic carbocycles. The molecule has 1 aliphatic heterocycles. The number of ether oxygens (including phenoxy) is 1. The summed E-state index contributed by atoms with van der Waals surface area (Å²) < 4.78 is 6.39. The molecule has 26 heavy (non-hydrogen) atoms. The minimum Gasteiger partial charge on any atom is -0.456 e. The number of nitrogens with two attached hydrogens (primary N) is 1. The van der Waals surface area contributed by atoms with Crippen LogP contribution in [0.15, 0.2) is 35.1 Å². The lowest BCUT2D eigenvalue weighted by molar-refractivity contribution is 0.00692. The SMILES string of the molecule is CC(C)(C)OC(=O)c1cccc(-n2c(N)c3c(cc2=O)C(=O)NC3=O)c1. The molecule has 0 saturated heterocycles. The summed E-state index contributed by atoms with van der Waals surface area (Å²) in [7, 11) is 0. The number of nitrogens with one attached hydrogen (secondary N) is 1. The molecule has 8 heteroatoms. The van der Waals surface area contributed by atoms with Gasteiger partial charge in [-0.3, -0.25) is 24.3 Å². The van der Waals surface area contributed by atoms with Crippen molar-refractivity contribution in [3.63, 3.8) is 0 Å². The number of nitrogen functional groups attached to an aromatic ring is 1. The molecular weight excluding hydrogens is 338 g/mol. The van der Waals surface area contributed by atoms with Crippen LogP contribution in [-0.2, 0) is 4.74 Å². The molecule has 0 unspecified atom stereocenters. The monoisotopic (exact) mass is 355 g/mol. The summed E-state index contributed by atoms with van der Waals surface area (Å²) in [4.78, 5) is 48.3. The Morgan fingerprint density at radius 1 is 1.12 bits per heavy atom. The van der Waals surface area contributed by atoms with Gasteiger partial charge in [0, 0.05) is 6.07 Å². The molecule has 0 radical (unpaired) electrons. The van der Waals surface area contributed by atoms with Gasteiger partial charge in [0.2, 0.25) is 0 Å². The van der Waals surface area contributed by atoms with E-state index in [2.05, 4.69) is 5.32 Å². The van der Waals surface area contributed by atoms with Crippen LogP contribution >= 0.6 is 0 Å². The lowest BCUT2D eigenvalue weighted by atomic mass is 10.1. The number of amides is 2. The minimum absolute atomic E-state index is 0.0581. The predicted molar refractivity (Wildman–Crippen MR) is 93.4 cm³/mol. The molecule has 2 aromatic rings. The number of benzene rings is 1. The molecule has 0 fully saturated rings. The Bertz CT molecular complexity index is 1010. The van der Waals surface area contributed by atoms with E-state index >= 15 is 0 Å². The Labute approximate surface area is 148 Å². The van der Waals surface area contributed by atoms with Crippen LogP contribution in [-0.4, -0.2) is 28.0 Å². The highest BCUT2D eigenvalue weighted by molar-refractivity contribution is 6.23. The van der Waals surface area contributed by atoms with Crippen LogP contribution < -0.4 is 16.6 Å². The third-order valence-electron chi connectivity index (χ3n) is 3.69. The molecule has 2 heterocycles. The molecule has 0 spiro atoms. The fraction of sp³-hybridized carbons (Fsp3) is 0.222. The van der Waals surface area contributed by atoms with E-state index in [4.69, 9.17) is 10.5 Å². The molecule has 8 nitrogen and oxygen atoms in total. The fourth-order valence-electron chi connectivity index (χ4n) is 2.65. The number of rotatable bonds is 2. The van der Waals surface area contributed by atoms with Gasteiger partial charge in [-0.05, 0) is 39.0 Å². The Morgan fingerprint density at radius 2 is 1.81 bits per heavy atom. The number of fused-ring (bicyclic) bond motifs is 1. The minimum atomic E-state index is -0.672. The summed E-state index contributed by atoms with van der Waals surface area (Å²) in [5.41, 5.74) is 5.11. The molecule has 134 valence electrons. The summed E-state index contributed by atoms with van der Waals surface area (Å²) in [5.74, 6) is -2.06. The highest BCUT2D eigenvalue weighted by Crippen LogP contribution is 2.23. The molecule has 0 atom stereocenters. The van der Waals surface area contributed by atoms with Gasteiger partial charge in [0.1, 0.15) is 11.4 Å². The van der Waals surface area contributed by atoms with E-state index < -0.39 is 28.9 Å². The first-order valence-corrected chi connectivity index (χ1v) is 7.83. The smallest absolute Gasteiger partial charge is 0.338 e. The van der Waals surface area contributed by atoms with Crippen molar-refractivity contribution >= 4 is 23.6 Å². The molecule has 2 amide bonds. The highest BCUT2D eigenvalue weighted by atomic mass is 16.6. The zero-order valence-electron chi connectivity index (χ0n) is 14.5. The molecule has 3 N–H and O–H groups in total. The zero-order chi connectivity index (χ0) is 19.2. The van der Waals surface area contributed by atoms with Gasteiger partial charge in [-0.15, -0.1) is 0 Å². The summed E-state index contributed by atoms with van der Waals surface area (Å²) >= 11 is 0. The average molecular weight is 355 g/mol. The summed E-state index contributed by atoms with van der Waals surface area (Å²) in [6.45, 7) is 5.23. The number of nitrogens with zero attached hydrogens (tertiary/aromatic N) is 1. The van der Waals surface area contributed by atoms with Gasteiger partial charge in [-0.2, -0.15) is 0 Å². The second-order valence-corrected chi connectivity index (χ2v) is 6.83. The van der Waals surface area contributed by atoms with Crippen molar-refractivity contribution in [3.8, 4) is 5.69 Å². The molecule has 0 aliphatic carbocycles. The van der Waals surface area contributed by atoms with Crippen LogP contribution in [0.1, 0.15) is 51.8 Å². The van der Waals surface area contributed by atoms with E-state index in [9.17, 15) is 19.2 Å². The fourth-order valence-corrected chi connectivity index (χ4v) is 2.65. The number of hydrogen-bond acceptors (Lipinski definition) is 6. The van der Waals surface area contributed by atoms with E-state index in [0.717, 1.165) is 10.6 Å². The van der Waals surface area contributed by atoms with Crippen molar-refractivity contribution in [3.05, 3.63) is 57.4 Å². The van der Waals surface area contributed by atoms with E-state index in [0.29, 0.717) is 0 Å². The average Bonchev–Trinajstić information content (AvgIpc) is 2.80. The summed E-state index contributed by atoms with van der Waals surface area (Å²) in [5, 5.41) is 2.10. The molecule has 3 rings (SSSR count). The molecule has 1 aromatic heterocycles. The van der Waals surface area contributed by atoms with Gasteiger partial charge in [-0.25, -0.2) is 4.79 Å². The van der Waals surface area contributed by atoms with Gasteiger partial charge in [0.25, 0.3) is 17.4 Å². The first-order valence-electron chi connectivity index (χ1n) is 7.83. The van der Waals surface area contributed by atoms with E-state index in [1.807, 2.05) is 0 Å². The van der Waals surface area contributed by atoms with E-state index in [1.165, 1.54) is 6.07 Å². The third-order valence-corrected chi connectivity index (χ3v) is 3.69. The first kappa shape index (κ1) is 17.4. The standard InChI is InChI=1S/C18H17N3O5/c1-18(2,3)26-17(25)9-5-4-6-10(7-9)21-12(22)8-11-13(14(21)19)16(24)20-15(11)23/h4-8H,19H2,1-3H3,(H,20,23,24). The second-order valence-electron chi connectivity index (χ2n) is 6.83. The summed E-state index contributed by atoms with van der Waals surface area (Å²) in [6.07, 6.45) is 0. The van der Waals surface area contributed by atoms with Crippen molar-refractivity contribution < 1.29 is 19.1 Å². The number of carbonyl (C=O) groups is 3. The lowest BCUT2D eigenvalue weighted by Gasteiger charge is -2.20. The maximum absolute atomic E-state index is 12.4. The highest BCUT2D eigenvalue weighted by Gasteiger charge is 2.32. The zero-order valence-corrected chi connectivity index (χ0v) is 14.5. The number of aromatic nitrogens is 1. The van der Waals surface area contributed by atoms with Gasteiger partial charge in [0.05, 0.1) is 22.4 Å². The van der Waals surface area contributed by atoms with Crippen LogP contribution in [0.5, 0.6) is 0 Å². The van der Waals surface area contributed by atoms with Gasteiger partial charge >= 0.3 is 5.97 Å². The van der Waals surface area contributed by atoms with Gasteiger partial charge < -0.3 is 10.5 Å². The topological polar surface area (TPSA) is 120 Å². The Hall–Kier alpha value is -3.42. The normalized spacial score (nSPS) is 13.3. The Balaban J connectivity index is 2.12. The maximum atomic E-state index is 12.4. The predicted octanol–water partition coefficient (Wildman–Crippen LogP) is 1.26. The molecule has 0 saturated carbocycles.